The van der Waals surface area contributed by atoms with E-state index in [1.54, 1.807) is 6.08 Å². The minimum Gasteiger partial charge on any atom is -0.505 e. The van der Waals surface area contributed by atoms with E-state index in [2.05, 4.69) is 18.1 Å². The van der Waals surface area contributed by atoms with E-state index in [0.29, 0.717) is 25.1 Å². The summed E-state index contributed by atoms with van der Waals surface area (Å²) in [7, 11) is 0. The molecule has 0 aliphatic carbocycles. The van der Waals surface area contributed by atoms with Gasteiger partial charge in [0.1, 0.15) is 12.3 Å². The molecule has 0 spiro atoms. The van der Waals surface area contributed by atoms with Crippen LogP contribution in [0.4, 0.5) is 5.69 Å². The van der Waals surface area contributed by atoms with Gasteiger partial charge in [-0.3, -0.25) is 9.59 Å². The molecule has 1 amide bonds. The summed E-state index contributed by atoms with van der Waals surface area (Å²) in [6.07, 6.45) is 4.11. The SMILES string of the molecule is C=CCCC(=O)N1CCc2[nH]c(=O)c(C(=O)OCC=C)c(O)c21. The number of aromatic hydroxyl groups is 1. The molecule has 0 unspecified atom stereocenters. The van der Waals surface area contributed by atoms with Gasteiger partial charge in [-0.1, -0.05) is 18.7 Å². The van der Waals surface area contributed by atoms with Crippen molar-refractivity contribution in [3.8, 4) is 5.75 Å². The third-order valence-electron chi connectivity index (χ3n) is 3.49. The highest BCUT2D eigenvalue weighted by Gasteiger charge is 2.32. The number of nitrogens with one attached hydrogen (secondary N) is 1. The Balaban J connectivity index is 2.41. The number of carbonyl (C=O) groups excluding carboxylic acids is 2. The van der Waals surface area contributed by atoms with Crippen molar-refractivity contribution in [2.45, 2.75) is 19.3 Å². The van der Waals surface area contributed by atoms with Crippen LogP contribution >= 0.6 is 0 Å². The topological polar surface area (TPSA) is 99.7 Å². The van der Waals surface area contributed by atoms with Crippen molar-refractivity contribution in [1.82, 2.24) is 4.98 Å². The van der Waals surface area contributed by atoms with E-state index in [9.17, 15) is 19.5 Å². The highest BCUT2D eigenvalue weighted by molar-refractivity contribution is 6.01. The van der Waals surface area contributed by atoms with Crippen LogP contribution in [0.1, 0.15) is 28.9 Å². The summed E-state index contributed by atoms with van der Waals surface area (Å²) in [6, 6.07) is 0. The first kappa shape index (κ1) is 16.5. The lowest BCUT2D eigenvalue weighted by atomic mass is 10.1. The Bertz CT molecular complexity index is 720. The number of aromatic amines is 1. The number of hydrogen-bond acceptors (Lipinski definition) is 5. The molecule has 1 aliphatic rings. The molecular formula is C16H18N2O5. The van der Waals surface area contributed by atoms with Gasteiger partial charge in [-0.25, -0.2) is 4.79 Å². The summed E-state index contributed by atoms with van der Waals surface area (Å²) in [6.45, 7) is 7.21. The van der Waals surface area contributed by atoms with Crippen LogP contribution in [0, 0.1) is 0 Å². The smallest absolute Gasteiger partial charge is 0.348 e. The zero-order valence-electron chi connectivity index (χ0n) is 12.6. The quantitative estimate of drug-likeness (QED) is 0.608. The molecule has 1 aromatic heterocycles. The fourth-order valence-electron chi connectivity index (χ4n) is 2.44. The normalized spacial score (nSPS) is 12.6. The van der Waals surface area contributed by atoms with Crippen LogP contribution < -0.4 is 10.5 Å². The average Bonchev–Trinajstić information content (AvgIpc) is 2.94. The minimum atomic E-state index is -0.961. The zero-order valence-corrected chi connectivity index (χ0v) is 12.6. The molecule has 2 rings (SSSR count). The Hall–Kier alpha value is -2.83. The molecule has 1 aliphatic heterocycles. The lowest BCUT2D eigenvalue weighted by molar-refractivity contribution is -0.118. The number of fused-ring (bicyclic) bond motifs is 1. The molecule has 0 bridgehead atoms. The number of pyridine rings is 1. The standard InChI is InChI=1S/C16H18N2O5/c1-3-5-6-11(19)18-8-7-10-13(18)14(20)12(15(21)17-10)16(22)23-9-4-2/h3-4H,1-2,5-9H2,(H2,17,20,21). The molecule has 1 aromatic rings. The second-order valence-corrected chi connectivity index (χ2v) is 5.01. The molecule has 122 valence electrons. The molecule has 0 atom stereocenters. The molecule has 0 fully saturated rings. The predicted molar refractivity (Wildman–Crippen MR) is 84.7 cm³/mol. The fraction of sp³-hybridized carbons (Fsp3) is 0.312. The van der Waals surface area contributed by atoms with Crippen LogP contribution in [0.5, 0.6) is 5.75 Å². The van der Waals surface area contributed by atoms with Gasteiger partial charge < -0.3 is 19.7 Å². The van der Waals surface area contributed by atoms with Gasteiger partial charge in [0.15, 0.2) is 11.3 Å². The highest BCUT2D eigenvalue weighted by Crippen LogP contribution is 2.37. The lowest BCUT2D eigenvalue weighted by Gasteiger charge is -2.18. The number of nitrogens with zero attached hydrogens (tertiary/aromatic N) is 1. The van der Waals surface area contributed by atoms with E-state index in [-0.39, 0.29) is 24.6 Å². The third kappa shape index (κ3) is 3.18. The number of rotatable bonds is 6. The molecule has 7 nitrogen and oxygen atoms in total. The first-order chi connectivity index (χ1) is 11.0. The van der Waals surface area contributed by atoms with Crippen LogP contribution in [0.25, 0.3) is 0 Å². The Morgan fingerprint density at radius 3 is 2.74 bits per heavy atom. The fourth-order valence-corrected chi connectivity index (χ4v) is 2.44. The summed E-state index contributed by atoms with van der Waals surface area (Å²) < 4.78 is 4.81. The van der Waals surface area contributed by atoms with Gasteiger partial charge in [-0.05, 0) is 6.42 Å². The number of H-pyrrole nitrogens is 1. The van der Waals surface area contributed by atoms with Gasteiger partial charge in [-0.15, -0.1) is 6.58 Å². The van der Waals surface area contributed by atoms with E-state index in [4.69, 9.17) is 4.74 Å². The van der Waals surface area contributed by atoms with Crippen molar-refractivity contribution >= 4 is 17.6 Å². The highest BCUT2D eigenvalue weighted by atomic mass is 16.5. The van der Waals surface area contributed by atoms with Crippen molar-refractivity contribution in [3.05, 3.63) is 46.9 Å². The number of carbonyl (C=O) groups is 2. The summed E-state index contributed by atoms with van der Waals surface area (Å²) in [4.78, 5) is 40.0. The number of amides is 1. The number of anilines is 1. The maximum absolute atomic E-state index is 12.2. The first-order valence-corrected chi connectivity index (χ1v) is 7.18. The predicted octanol–water partition coefficient (Wildman–Crippen LogP) is 1.28. The maximum atomic E-state index is 12.2. The number of ether oxygens (including phenoxy) is 1. The van der Waals surface area contributed by atoms with Gasteiger partial charge in [0.25, 0.3) is 5.56 Å². The summed E-state index contributed by atoms with van der Waals surface area (Å²) in [5, 5.41) is 10.3. The monoisotopic (exact) mass is 318 g/mol. The van der Waals surface area contributed by atoms with Crippen LogP contribution in [0.3, 0.4) is 0 Å². The number of allylic oxidation sites excluding steroid dienone is 1. The Labute approximate surface area is 132 Å². The van der Waals surface area contributed by atoms with Crippen molar-refractivity contribution in [2.75, 3.05) is 18.1 Å². The second kappa shape index (κ2) is 6.95. The molecule has 0 saturated carbocycles. The molecule has 0 aromatic carbocycles. The summed E-state index contributed by atoms with van der Waals surface area (Å²) in [5.41, 5.74) is -0.645. The van der Waals surface area contributed by atoms with Gasteiger partial charge in [0, 0.05) is 25.1 Å². The van der Waals surface area contributed by atoms with Crippen molar-refractivity contribution in [2.24, 2.45) is 0 Å². The van der Waals surface area contributed by atoms with Gasteiger partial charge in [0.2, 0.25) is 5.91 Å². The molecule has 0 radical (unpaired) electrons. The van der Waals surface area contributed by atoms with Crippen molar-refractivity contribution in [1.29, 1.82) is 0 Å². The van der Waals surface area contributed by atoms with Gasteiger partial charge in [0.05, 0.1) is 0 Å². The van der Waals surface area contributed by atoms with E-state index in [1.165, 1.54) is 11.0 Å². The van der Waals surface area contributed by atoms with E-state index < -0.39 is 22.8 Å². The lowest BCUT2D eigenvalue weighted by Crippen LogP contribution is -2.29. The molecule has 2 N–H and O–H groups in total. The van der Waals surface area contributed by atoms with Crippen molar-refractivity contribution < 1.29 is 19.4 Å². The average molecular weight is 318 g/mol. The number of hydrogen-bond donors (Lipinski definition) is 2. The zero-order chi connectivity index (χ0) is 17.0. The first-order valence-electron chi connectivity index (χ1n) is 7.18. The number of aromatic nitrogens is 1. The van der Waals surface area contributed by atoms with E-state index in [1.807, 2.05) is 0 Å². The van der Waals surface area contributed by atoms with Crippen LogP contribution in [-0.4, -0.2) is 35.1 Å². The molecule has 23 heavy (non-hydrogen) atoms. The van der Waals surface area contributed by atoms with Crippen LogP contribution in [0.15, 0.2) is 30.1 Å². The van der Waals surface area contributed by atoms with E-state index in [0.717, 1.165) is 0 Å². The van der Waals surface area contributed by atoms with Crippen LogP contribution in [-0.2, 0) is 16.0 Å². The maximum Gasteiger partial charge on any atom is 0.348 e. The van der Waals surface area contributed by atoms with Gasteiger partial charge in [-0.2, -0.15) is 0 Å². The molecule has 2 heterocycles. The molecule has 7 heteroatoms. The molecular weight excluding hydrogens is 300 g/mol. The van der Waals surface area contributed by atoms with Gasteiger partial charge >= 0.3 is 5.97 Å². The Morgan fingerprint density at radius 2 is 2.09 bits per heavy atom. The van der Waals surface area contributed by atoms with E-state index >= 15 is 0 Å². The minimum absolute atomic E-state index is 0.0865. The Kier molecular flexibility index (Phi) is 5.00. The second-order valence-electron chi connectivity index (χ2n) is 5.01. The van der Waals surface area contributed by atoms with Crippen LogP contribution in [0.2, 0.25) is 0 Å². The largest absolute Gasteiger partial charge is 0.505 e. The van der Waals surface area contributed by atoms with Crippen molar-refractivity contribution in [3.63, 3.8) is 0 Å². The Morgan fingerprint density at radius 1 is 1.35 bits per heavy atom. The summed E-state index contributed by atoms with van der Waals surface area (Å²) >= 11 is 0. The third-order valence-corrected chi connectivity index (χ3v) is 3.49. The summed E-state index contributed by atoms with van der Waals surface area (Å²) in [5.74, 6) is -1.70. The molecule has 0 saturated heterocycles. The number of esters is 1.